The predicted octanol–water partition coefficient (Wildman–Crippen LogP) is 2.54. The lowest BCUT2D eigenvalue weighted by atomic mass is 9.74. The van der Waals surface area contributed by atoms with Crippen molar-refractivity contribution in [1.82, 2.24) is 26.3 Å². The van der Waals surface area contributed by atoms with Crippen LogP contribution in [0.2, 0.25) is 0 Å². The summed E-state index contributed by atoms with van der Waals surface area (Å²) in [5.41, 5.74) is 10.8. The van der Waals surface area contributed by atoms with Crippen LogP contribution in [-0.4, -0.2) is 52.3 Å². The van der Waals surface area contributed by atoms with Gasteiger partial charge in [-0.1, -0.05) is 0 Å². The second kappa shape index (κ2) is 10.4. The summed E-state index contributed by atoms with van der Waals surface area (Å²) in [6.07, 6.45) is 5.31. The number of amides is 1. The van der Waals surface area contributed by atoms with Gasteiger partial charge in [-0.2, -0.15) is 0 Å². The molecule has 2 saturated heterocycles. The van der Waals surface area contributed by atoms with Crippen molar-refractivity contribution in [3.8, 4) is 5.75 Å². The molecule has 2 aromatic rings. The van der Waals surface area contributed by atoms with E-state index in [0.29, 0.717) is 25.4 Å². The number of halogens is 2. The Morgan fingerprint density at radius 3 is 2.94 bits per heavy atom. The summed E-state index contributed by atoms with van der Waals surface area (Å²) in [7, 11) is 0. The Hall–Kier alpha value is -2.66. The highest BCUT2D eigenvalue weighted by Gasteiger charge is 2.44. The standard InChI is InChI=1S/C26H33F2N5O3/c1-16-11-17(7-9-29-16)24-20-12-18(3-6-22(20)30-31-24)25(35)32-33-10-2-8-26(14-33,15-34)36-23-13-19(27)4-5-21(23)28/h4-5,7,9,11,13,18,20,22,24,30-31,34H,2-3,6,8,10,12,14-15H2,1H3,(H,32,35). The van der Waals surface area contributed by atoms with E-state index in [1.807, 2.05) is 19.2 Å². The highest BCUT2D eigenvalue weighted by molar-refractivity contribution is 5.78. The minimum atomic E-state index is -1.14. The third kappa shape index (κ3) is 5.22. The van der Waals surface area contributed by atoms with Crippen molar-refractivity contribution in [3.05, 3.63) is 59.4 Å². The van der Waals surface area contributed by atoms with Crippen LogP contribution in [0.4, 0.5) is 8.78 Å². The number of carbonyl (C=O) groups is 1. The molecule has 5 unspecified atom stereocenters. The first-order chi connectivity index (χ1) is 17.4. The predicted molar refractivity (Wildman–Crippen MR) is 128 cm³/mol. The van der Waals surface area contributed by atoms with Gasteiger partial charge in [0, 0.05) is 36.5 Å². The maximum Gasteiger partial charge on any atom is 0.237 e. The maximum atomic E-state index is 14.2. The fraction of sp³-hybridized carbons (Fsp3) is 0.538. The summed E-state index contributed by atoms with van der Waals surface area (Å²) in [5.74, 6) is -1.49. The second-order valence-corrected chi connectivity index (χ2v) is 10.3. The molecule has 3 fully saturated rings. The molecule has 1 aromatic heterocycles. The first-order valence-electron chi connectivity index (χ1n) is 12.6. The molecule has 194 valence electrons. The number of aromatic nitrogens is 1. The van der Waals surface area contributed by atoms with Gasteiger partial charge in [-0.3, -0.25) is 20.6 Å². The molecule has 10 heteroatoms. The average molecular weight is 502 g/mol. The fourth-order valence-electron chi connectivity index (χ4n) is 5.86. The molecule has 5 rings (SSSR count). The molecular weight excluding hydrogens is 468 g/mol. The van der Waals surface area contributed by atoms with Gasteiger partial charge in [0.25, 0.3) is 0 Å². The third-order valence-corrected chi connectivity index (χ3v) is 7.72. The molecule has 1 saturated carbocycles. The van der Waals surface area contributed by atoms with Crippen LogP contribution in [0.3, 0.4) is 0 Å². The molecule has 0 radical (unpaired) electrons. The second-order valence-electron chi connectivity index (χ2n) is 10.3. The first kappa shape index (κ1) is 25.0. The zero-order valence-electron chi connectivity index (χ0n) is 20.3. The van der Waals surface area contributed by atoms with E-state index in [4.69, 9.17) is 4.74 Å². The number of fused-ring (bicyclic) bond motifs is 1. The summed E-state index contributed by atoms with van der Waals surface area (Å²) >= 11 is 0. The van der Waals surface area contributed by atoms with Crippen molar-refractivity contribution >= 4 is 5.91 Å². The van der Waals surface area contributed by atoms with Gasteiger partial charge in [-0.05, 0) is 74.8 Å². The highest BCUT2D eigenvalue weighted by Crippen LogP contribution is 2.40. The van der Waals surface area contributed by atoms with Gasteiger partial charge in [0.2, 0.25) is 5.91 Å². The lowest BCUT2D eigenvalue weighted by Gasteiger charge is -2.42. The van der Waals surface area contributed by atoms with E-state index in [9.17, 15) is 18.7 Å². The number of aryl methyl sites for hydroxylation is 1. The van der Waals surface area contributed by atoms with E-state index >= 15 is 0 Å². The Labute approximate surface area is 209 Å². The maximum absolute atomic E-state index is 14.2. The van der Waals surface area contributed by atoms with Crippen molar-refractivity contribution in [2.45, 2.75) is 56.7 Å². The Morgan fingerprint density at radius 2 is 2.14 bits per heavy atom. The first-order valence-corrected chi connectivity index (χ1v) is 12.6. The lowest BCUT2D eigenvalue weighted by Crippen LogP contribution is -2.59. The number of nitrogens with zero attached hydrogens (tertiary/aromatic N) is 2. The zero-order valence-corrected chi connectivity index (χ0v) is 20.3. The van der Waals surface area contributed by atoms with Gasteiger partial charge in [-0.15, -0.1) is 0 Å². The fourth-order valence-corrected chi connectivity index (χ4v) is 5.86. The number of hydrazine groups is 2. The van der Waals surface area contributed by atoms with Crippen molar-refractivity contribution in [2.24, 2.45) is 11.8 Å². The van der Waals surface area contributed by atoms with E-state index in [2.05, 4.69) is 27.3 Å². The Kier molecular flexibility index (Phi) is 7.21. The SMILES string of the molecule is Cc1cc(C2NNC3CCC(C(=O)NN4CCCC(CO)(Oc5cc(F)ccc5F)C4)CC32)ccn1. The molecule has 0 spiro atoms. The van der Waals surface area contributed by atoms with E-state index in [1.165, 1.54) is 0 Å². The molecule has 8 nitrogen and oxygen atoms in total. The monoisotopic (exact) mass is 501 g/mol. The number of pyridine rings is 1. The smallest absolute Gasteiger partial charge is 0.237 e. The highest BCUT2D eigenvalue weighted by atomic mass is 19.1. The number of hydrogen-bond acceptors (Lipinski definition) is 7. The summed E-state index contributed by atoms with van der Waals surface area (Å²) in [6.45, 7) is 2.35. The molecule has 1 amide bonds. The van der Waals surface area contributed by atoms with Crippen LogP contribution >= 0.6 is 0 Å². The summed E-state index contributed by atoms with van der Waals surface area (Å²) < 4.78 is 33.6. The Balaban J connectivity index is 1.23. The van der Waals surface area contributed by atoms with Crippen LogP contribution in [0.15, 0.2) is 36.5 Å². The van der Waals surface area contributed by atoms with Gasteiger partial charge in [0.15, 0.2) is 11.6 Å². The van der Waals surface area contributed by atoms with Crippen molar-refractivity contribution in [3.63, 3.8) is 0 Å². The molecule has 1 aromatic carbocycles. The number of benzene rings is 1. The summed E-state index contributed by atoms with van der Waals surface area (Å²) in [6, 6.07) is 7.51. The van der Waals surface area contributed by atoms with Crippen LogP contribution in [0.25, 0.3) is 0 Å². The third-order valence-electron chi connectivity index (χ3n) is 7.72. The lowest BCUT2D eigenvalue weighted by molar-refractivity contribution is -0.135. The van der Waals surface area contributed by atoms with E-state index in [1.54, 1.807) is 5.01 Å². The van der Waals surface area contributed by atoms with Crippen molar-refractivity contribution in [1.29, 1.82) is 0 Å². The molecule has 0 bridgehead atoms. The van der Waals surface area contributed by atoms with E-state index in [-0.39, 0.29) is 42.7 Å². The number of piperidine rings is 1. The molecule has 4 N–H and O–H groups in total. The largest absolute Gasteiger partial charge is 0.480 e. The normalized spacial score (nSPS) is 30.6. The molecular formula is C26H33F2N5O3. The van der Waals surface area contributed by atoms with Gasteiger partial charge >= 0.3 is 0 Å². The number of nitrogens with one attached hydrogen (secondary N) is 3. The van der Waals surface area contributed by atoms with Crippen LogP contribution in [-0.2, 0) is 4.79 Å². The Morgan fingerprint density at radius 1 is 1.28 bits per heavy atom. The number of ether oxygens (including phenoxy) is 1. The molecule has 3 aliphatic rings. The van der Waals surface area contributed by atoms with Gasteiger partial charge < -0.3 is 9.84 Å². The average Bonchev–Trinajstić information content (AvgIpc) is 3.30. The van der Waals surface area contributed by atoms with Gasteiger partial charge in [-0.25, -0.2) is 19.2 Å². The zero-order chi connectivity index (χ0) is 25.3. The molecule has 36 heavy (non-hydrogen) atoms. The number of hydrogen-bond donors (Lipinski definition) is 4. The summed E-state index contributed by atoms with van der Waals surface area (Å²) in [5, 5.41) is 11.9. The molecule has 5 atom stereocenters. The summed E-state index contributed by atoms with van der Waals surface area (Å²) in [4.78, 5) is 17.6. The van der Waals surface area contributed by atoms with Crippen molar-refractivity contribution < 1.29 is 23.4 Å². The number of aliphatic hydroxyl groups is 1. The quantitative estimate of drug-likeness (QED) is 0.483. The van der Waals surface area contributed by atoms with Crippen molar-refractivity contribution in [2.75, 3.05) is 19.7 Å². The minimum Gasteiger partial charge on any atom is -0.480 e. The van der Waals surface area contributed by atoms with E-state index in [0.717, 1.165) is 48.7 Å². The van der Waals surface area contributed by atoms with Crippen LogP contribution in [0.1, 0.15) is 49.4 Å². The van der Waals surface area contributed by atoms with Gasteiger partial charge in [0.05, 0.1) is 19.2 Å². The topological polar surface area (TPSA) is 98.8 Å². The van der Waals surface area contributed by atoms with Crippen LogP contribution in [0.5, 0.6) is 5.75 Å². The number of rotatable bonds is 6. The molecule has 3 heterocycles. The molecule has 1 aliphatic carbocycles. The van der Waals surface area contributed by atoms with E-state index < -0.39 is 17.2 Å². The minimum absolute atomic E-state index is 0.0596. The van der Waals surface area contributed by atoms with Crippen LogP contribution in [0, 0.1) is 30.4 Å². The van der Waals surface area contributed by atoms with Gasteiger partial charge in [0.1, 0.15) is 11.4 Å². The van der Waals surface area contributed by atoms with Crippen LogP contribution < -0.4 is 21.0 Å². The number of carbonyl (C=O) groups excluding carboxylic acids is 1. The Bertz CT molecular complexity index is 1100. The molecule has 2 aliphatic heterocycles. The number of aliphatic hydroxyl groups excluding tert-OH is 1.